The molecule has 0 radical (unpaired) electrons. The minimum Gasteiger partial charge on any atom is -0.288 e. The highest BCUT2D eigenvalue weighted by Crippen LogP contribution is 2.13. The molecular formula is C14H11N3O. The molecule has 0 aliphatic carbocycles. The van der Waals surface area contributed by atoms with Crippen molar-refractivity contribution < 1.29 is 4.79 Å². The minimum absolute atomic E-state index is 0.0113. The van der Waals surface area contributed by atoms with Gasteiger partial charge in [0.2, 0.25) is 5.91 Å². The lowest BCUT2D eigenvalue weighted by atomic mass is 10.2. The fraction of sp³-hybridized carbons (Fsp3) is 0.0714. The Bertz CT molecular complexity index is 543. The van der Waals surface area contributed by atoms with Gasteiger partial charge in [0.25, 0.3) is 0 Å². The van der Waals surface area contributed by atoms with Crippen LogP contribution in [0.25, 0.3) is 0 Å². The van der Waals surface area contributed by atoms with Crippen molar-refractivity contribution in [2.45, 2.75) is 6.92 Å². The molecular weight excluding hydrogens is 226 g/mol. The fourth-order valence-corrected chi connectivity index (χ4v) is 1.29. The maximum absolute atomic E-state index is 11.5. The van der Waals surface area contributed by atoms with Crippen LogP contribution in [0, 0.1) is 22.7 Å². The van der Waals surface area contributed by atoms with Crippen LogP contribution in [0.3, 0.4) is 0 Å². The largest absolute Gasteiger partial charge is 0.288 e. The molecule has 0 atom stereocenters. The molecule has 1 rings (SSSR count). The van der Waals surface area contributed by atoms with Gasteiger partial charge in [-0.1, -0.05) is 18.2 Å². The second-order valence-corrected chi connectivity index (χ2v) is 3.37. The van der Waals surface area contributed by atoms with Gasteiger partial charge in [-0.15, -0.1) is 0 Å². The summed E-state index contributed by atoms with van der Waals surface area (Å²) in [5, 5.41) is 17.1. The third-order valence-corrected chi connectivity index (χ3v) is 2.11. The normalized spacial score (nSPS) is 9.28. The van der Waals surface area contributed by atoms with E-state index in [9.17, 15) is 4.79 Å². The number of anilines is 1. The number of nitriles is 2. The first kappa shape index (κ1) is 13.2. The van der Waals surface area contributed by atoms with E-state index in [0.29, 0.717) is 0 Å². The van der Waals surface area contributed by atoms with Gasteiger partial charge in [0, 0.05) is 18.8 Å². The van der Waals surface area contributed by atoms with E-state index < -0.39 is 0 Å². The molecule has 88 valence electrons. The molecule has 0 saturated carbocycles. The van der Waals surface area contributed by atoms with Gasteiger partial charge in [-0.05, 0) is 24.3 Å². The topological polar surface area (TPSA) is 67.9 Å². The van der Waals surface area contributed by atoms with Gasteiger partial charge >= 0.3 is 0 Å². The number of amides is 1. The van der Waals surface area contributed by atoms with Gasteiger partial charge in [0.05, 0.1) is 0 Å². The van der Waals surface area contributed by atoms with Crippen LogP contribution in [0.1, 0.15) is 6.92 Å². The number of carbonyl (C=O) groups excluding carboxylic acids is 1. The van der Waals surface area contributed by atoms with Gasteiger partial charge < -0.3 is 0 Å². The molecule has 0 N–H and O–H groups in total. The highest BCUT2D eigenvalue weighted by molar-refractivity contribution is 5.93. The molecule has 18 heavy (non-hydrogen) atoms. The zero-order chi connectivity index (χ0) is 13.4. The van der Waals surface area contributed by atoms with Gasteiger partial charge in [-0.3, -0.25) is 9.69 Å². The molecule has 0 aromatic heterocycles. The average Bonchev–Trinajstić information content (AvgIpc) is 2.39. The first-order valence-corrected chi connectivity index (χ1v) is 5.22. The average molecular weight is 237 g/mol. The lowest BCUT2D eigenvalue weighted by molar-refractivity contribution is -0.116. The summed E-state index contributed by atoms with van der Waals surface area (Å²) in [6, 6.07) is 12.6. The van der Waals surface area contributed by atoms with E-state index in [2.05, 4.69) is 0 Å². The Labute approximate surface area is 106 Å². The summed E-state index contributed by atoms with van der Waals surface area (Å²) < 4.78 is 0. The SMILES string of the molecule is CC(=O)N(C=CC=C(C#N)C#N)c1ccccc1. The summed E-state index contributed by atoms with van der Waals surface area (Å²) in [6.45, 7) is 1.44. The summed E-state index contributed by atoms with van der Waals surface area (Å²) in [5.41, 5.74) is 0.716. The van der Waals surface area contributed by atoms with Crippen LogP contribution in [0.5, 0.6) is 0 Å². The molecule has 0 heterocycles. The van der Waals surface area contributed by atoms with Crippen molar-refractivity contribution in [3.63, 3.8) is 0 Å². The number of rotatable bonds is 3. The van der Waals surface area contributed by atoms with Crippen molar-refractivity contribution in [3.8, 4) is 12.1 Å². The number of benzene rings is 1. The summed E-state index contributed by atoms with van der Waals surface area (Å²) in [6.07, 6.45) is 4.38. The second kappa shape index (κ2) is 6.67. The number of para-hydroxylation sites is 1. The van der Waals surface area contributed by atoms with Gasteiger partial charge in [-0.2, -0.15) is 10.5 Å². The third kappa shape index (κ3) is 3.62. The minimum atomic E-state index is -0.152. The summed E-state index contributed by atoms with van der Waals surface area (Å²) in [4.78, 5) is 12.9. The number of carbonyl (C=O) groups is 1. The molecule has 0 aliphatic rings. The predicted octanol–water partition coefficient (Wildman–Crippen LogP) is 2.53. The molecule has 0 saturated heterocycles. The van der Waals surface area contributed by atoms with E-state index in [0.717, 1.165) is 5.69 Å². The maximum atomic E-state index is 11.5. The predicted molar refractivity (Wildman–Crippen MR) is 68.1 cm³/mol. The van der Waals surface area contributed by atoms with Crippen LogP contribution in [0.4, 0.5) is 5.69 Å². The zero-order valence-electron chi connectivity index (χ0n) is 9.87. The number of hydrogen-bond donors (Lipinski definition) is 0. The Hall–Kier alpha value is -2.85. The van der Waals surface area contributed by atoms with E-state index in [1.54, 1.807) is 24.3 Å². The maximum Gasteiger partial charge on any atom is 0.227 e. The van der Waals surface area contributed by atoms with Crippen molar-refractivity contribution >= 4 is 11.6 Å². The van der Waals surface area contributed by atoms with Gasteiger partial charge in [0.15, 0.2) is 0 Å². The standard InChI is InChI=1S/C14H11N3O/c1-12(18)17(14-7-3-2-4-8-14)9-5-6-13(10-15)11-16/h2-9H,1H3. The molecule has 0 fully saturated rings. The lowest BCUT2D eigenvalue weighted by Crippen LogP contribution is -2.21. The fourth-order valence-electron chi connectivity index (χ4n) is 1.29. The van der Waals surface area contributed by atoms with Crippen LogP contribution >= 0.6 is 0 Å². The highest BCUT2D eigenvalue weighted by atomic mass is 16.2. The molecule has 4 nitrogen and oxygen atoms in total. The Morgan fingerprint density at radius 1 is 1.22 bits per heavy atom. The van der Waals surface area contributed by atoms with E-state index in [4.69, 9.17) is 10.5 Å². The molecule has 4 heteroatoms. The van der Waals surface area contributed by atoms with Crippen molar-refractivity contribution in [1.29, 1.82) is 10.5 Å². The van der Waals surface area contributed by atoms with Crippen molar-refractivity contribution in [2.75, 3.05) is 4.90 Å². The van der Waals surface area contributed by atoms with E-state index in [1.165, 1.54) is 30.2 Å². The van der Waals surface area contributed by atoms with Crippen LogP contribution in [0.15, 0.2) is 54.3 Å². The Kier molecular flexibility index (Phi) is 4.90. The van der Waals surface area contributed by atoms with Crippen LogP contribution in [0.2, 0.25) is 0 Å². The lowest BCUT2D eigenvalue weighted by Gasteiger charge is -2.15. The molecule has 1 amide bonds. The van der Waals surface area contributed by atoms with Crippen LogP contribution < -0.4 is 4.90 Å². The van der Waals surface area contributed by atoms with Crippen molar-refractivity contribution in [2.24, 2.45) is 0 Å². The van der Waals surface area contributed by atoms with Gasteiger partial charge in [0.1, 0.15) is 17.7 Å². The highest BCUT2D eigenvalue weighted by Gasteiger charge is 2.06. The van der Waals surface area contributed by atoms with Gasteiger partial charge in [-0.25, -0.2) is 0 Å². The second-order valence-electron chi connectivity index (χ2n) is 3.37. The number of nitrogens with zero attached hydrogens (tertiary/aromatic N) is 3. The molecule has 0 aliphatic heterocycles. The summed E-state index contributed by atoms with van der Waals surface area (Å²) >= 11 is 0. The van der Waals surface area contributed by atoms with E-state index >= 15 is 0 Å². The summed E-state index contributed by atoms with van der Waals surface area (Å²) in [7, 11) is 0. The Balaban J connectivity index is 2.95. The first-order chi connectivity index (χ1) is 8.69. The smallest absolute Gasteiger partial charge is 0.227 e. The first-order valence-electron chi connectivity index (χ1n) is 5.22. The number of allylic oxidation sites excluding steroid dienone is 3. The molecule has 0 bridgehead atoms. The Morgan fingerprint density at radius 3 is 2.33 bits per heavy atom. The van der Waals surface area contributed by atoms with Crippen molar-refractivity contribution in [3.05, 3.63) is 54.3 Å². The van der Waals surface area contributed by atoms with Crippen LogP contribution in [-0.2, 0) is 4.79 Å². The number of hydrogen-bond acceptors (Lipinski definition) is 3. The summed E-state index contributed by atoms with van der Waals surface area (Å²) in [5.74, 6) is -0.152. The molecule has 1 aromatic carbocycles. The molecule has 0 spiro atoms. The van der Waals surface area contributed by atoms with E-state index in [-0.39, 0.29) is 11.5 Å². The Morgan fingerprint density at radius 2 is 1.83 bits per heavy atom. The van der Waals surface area contributed by atoms with Crippen LogP contribution in [-0.4, -0.2) is 5.91 Å². The zero-order valence-corrected chi connectivity index (χ0v) is 9.87. The van der Waals surface area contributed by atoms with Crippen molar-refractivity contribution in [1.82, 2.24) is 0 Å². The quantitative estimate of drug-likeness (QED) is 0.599. The third-order valence-electron chi connectivity index (χ3n) is 2.11. The molecule has 1 aromatic rings. The van der Waals surface area contributed by atoms with E-state index in [1.807, 2.05) is 18.2 Å². The molecule has 0 unspecified atom stereocenters. The monoisotopic (exact) mass is 237 g/mol.